The number of likely N-dealkylation sites (N-methyl/N-ethyl adjacent to an activating group) is 1. The van der Waals surface area contributed by atoms with Crippen LogP contribution in [0.2, 0.25) is 0 Å². The zero-order valence-corrected chi connectivity index (χ0v) is 10.2. The number of nitrogens with one attached hydrogen (secondary N) is 1. The highest BCUT2D eigenvalue weighted by atomic mass is 32.2. The van der Waals surface area contributed by atoms with Gasteiger partial charge in [0.15, 0.2) is 0 Å². The van der Waals surface area contributed by atoms with Crippen molar-refractivity contribution < 1.29 is 5.11 Å². The molecule has 0 aromatic carbocycles. The summed E-state index contributed by atoms with van der Waals surface area (Å²) in [5.41, 5.74) is -0.0813. The number of thioether (sulfide) groups is 1. The van der Waals surface area contributed by atoms with Crippen LogP contribution >= 0.6 is 11.8 Å². The quantitative estimate of drug-likeness (QED) is 0.714. The van der Waals surface area contributed by atoms with Gasteiger partial charge in [0.25, 0.3) is 0 Å². The Kier molecular flexibility index (Phi) is 5.28. The van der Waals surface area contributed by atoms with Gasteiger partial charge in [0.1, 0.15) is 0 Å². The van der Waals surface area contributed by atoms with Gasteiger partial charge in [0.05, 0.1) is 6.61 Å². The SMILES string of the molecule is CCNC(C)(CO)CSC1CCCC1. The van der Waals surface area contributed by atoms with E-state index in [2.05, 4.69) is 19.2 Å². The highest BCUT2D eigenvalue weighted by molar-refractivity contribution is 8.00. The summed E-state index contributed by atoms with van der Waals surface area (Å²) in [6, 6.07) is 0. The van der Waals surface area contributed by atoms with E-state index in [0.29, 0.717) is 0 Å². The maximum atomic E-state index is 9.31. The Morgan fingerprint density at radius 1 is 1.43 bits per heavy atom. The third-order valence-electron chi connectivity index (χ3n) is 2.89. The molecule has 0 spiro atoms. The molecule has 0 amide bonds. The van der Waals surface area contributed by atoms with Crippen LogP contribution in [0, 0.1) is 0 Å². The Hall–Kier alpha value is 0.270. The summed E-state index contributed by atoms with van der Waals surface area (Å²) in [6.45, 7) is 5.37. The molecule has 3 heteroatoms. The van der Waals surface area contributed by atoms with Gasteiger partial charge in [-0.3, -0.25) is 0 Å². The molecular weight excluding hydrogens is 194 g/mol. The van der Waals surface area contributed by atoms with Crippen LogP contribution in [0.5, 0.6) is 0 Å². The summed E-state index contributed by atoms with van der Waals surface area (Å²) in [4.78, 5) is 0. The lowest BCUT2D eigenvalue weighted by Gasteiger charge is -2.29. The molecule has 2 N–H and O–H groups in total. The first-order chi connectivity index (χ1) is 6.70. The molecule has 0 aromatic rings. The fourth-order valence-corrected chi connectivity index (χ4v) is 3.40. The summed E-state index contributed by atoms with van der Waals surface area (Å²) in [5, 5.41) is 13.5. The molecule has 14 heavy (non-hydrogen) atoms. The van der Waals surface area contributed by atoms with Crippen molar-refractivity contribution in [2.75, 3.05) is 18.9 Å². The van der Waals surface area contributed by atoms with E-state index < -0.39 is 0 Å². The molecule has 1 unspecified atom stereocenters. The molecule has 0 bridgehead atoms. The molecule has 0 heterocycles. The first-order valence-electron chi connectivity index (χ1n) is 5.67. The normalized spacial score (nSPS) is 22.5. The molecule has 1 aliphatic rings. The number of hydrogen-bond donors (Lipinski definition) is 2. The van der Waals surface area contributed by atoms with Crippen molar-refractivity contribution in [1.82, 2.24) is 5.32 Å². The van der Waals surface area contributed by atoms with Gasteiger partial charge in [-0.15, -0.1) is 0 Å². The van der Waals surface area contributed by atoms with Gasteiger partial charge in [-0.25, -0.2) is 0 Å². The summed E-state index contributed by atoms with van der Waals surface area (Å²) in [7, 11) is 0. The van der Waals surface area contributed by atoms with Crippen LogP contribution in [0.25, 0.3) is 0 Å². The Labute approximate surface area is 91.9 Å². The molecule has 0 aromatic heterocycles. The summed E-state index contributed by atoms with van der Waals surface area (Å²) < 4.78 is 0. The molecular formula is C11H23NOS. The molecule has 0 saturated heterocycles. The zero-order valence-electron chi connectivity index (χ0n) is 9.38. The summed E-state index contributed by atoms with van der Waals surface area (Å²) in [6.07, 6.45) is 5.54. The van der Waals surface area contributed by atoms with Crippen LogP contribution in [0.3, 0.4) is 0 Å². The molecule has 2 nitrogen and oxygen atoms in total. The number of aliphatic hydroxyl groups excluding tert-OH is 1. The average molecular weight is 217 g/mol. The molecule has 84 valence electrons. The molecule has 0 aliphatic heterocycles. The smallest absolute Gasteiger partial charge is 0.0618 e. The van der Waals surface area contributed by atoms with Gasteiger partial charge >= 0.3 is 0 Å². The van der Waals surface area contributed by atoms with E-state index in [1.165, 1.54) is 25.7 Å². The predicted octanol–water partition coefficient (Wildman–Crippen LogP) is 2.02. The van der Waals surface area contributed by atoms with Crippen LogP contribution in [0.15, 0.2) is 0 Å². The van der Waals surface area contributed by atoms with Crippen LogP contribution in [0.4, 0.5) is 0 Å². The van der Waals surface area contributed by atoms with E-state index in [9.17, 15) is 5.11 Å². The van der Waals surface area contributed by atoms with Crippen LogP contribution in [-0.2, 0) is 0 Å². The largest absolute Gasteiger partial charge is 0.394 e. The van der Waals surface area contributed by atoms with E-state index >= 15 is 0 Å². The first-order valence-corrected chi connectivity index (χ1v) is 6.72. The Morgan fingerprint density at radius 3 is 2.57 bits per heavy atom. The van der Waals surface area contributed by atoms with Crippen molar-refractivity contribution in [2.24, 2.45) is 0 Å². The van der Waals surface area contributed by atoms with Crippen molar-refractivity contribution in [2.45, 2.75) is 50.3 Å². The van der Waals surface area contributed by atoms with Gasteiger partial charge in [-0.1, -0.05) is 19.8 Å². The van der Waals surface area contributed by atoms with Gasteiger partial charge in [-0.2, -0.15) is 11.8 Å². The Bertz CT molecular complexity index is 159. The highest BCUT2D eigenvalue weighted by Crippen LogP contribution is 2.31. The average Bonchev–Trinajstić information content (AvgIpc) is 2.68. The van der Waals surface area contributed by atoms with E-state index in [4.69, 9.17) is 0 Å². The lowest BCUT2D eigenvalue weighted by atomic mass is 10.1. The summed E-state index contributed by atoms with van der Waals surface area (Å²) in [5.74, 6) is 1.03. The van der Waals surface area contributed by atoms with Gasteiger partial charge < -0.3 is 10.4 Å². The highest BCUT2D eigenvalue weighted by Gasteiger charge is 2.25. The Morgan fingerprint density at radius 2 is 2.07 bits per heavy atom. The minimum atomic E-state index is -0.0813. The van der Waals surface area contributed by atoms with E-state index in [0.717, 1.165) is 17.5 Å². The van der Waals surface area contributed by atoms with Crippen LogP contribution < -0.4 is 5.32 Å². The third-order valence-corrected chi connectivity index (χ3v) is 4.64. The van der Waals surface area contributed by atoms with Crippen LogP contribution in [0.1, 0.15) is 39.5 Å². The lowest BCUT2D eigenvalue weighted by Crippen LogP contribution is -2.48. The monoisotopic (exact) mass is 217 g/mol. The fourth-order valence-electron chi connectivity index (χ4n) is 1.94. The van der Waals surface area contributed by atoms with E-state index in [1.54, 1.807) is 0 Å². The standard InChI is InChI=1S/C11H23NOS/c1-3-12-11(2,8-13)9-14-10-6-4-5-7-10/h10,12-13H,3-9H2,1-2H3. The van der Waals surface area contributed by atoms with E-state index in [1.807, 2.05) is 11.8 Å². The second kappa shape index (κ2) is 5.99. The summed E-state index contributed by atoms with van der Waals surface area (Å²) >= 11 is 2.03. The van der Waals surface area contributed by atoms with Crippen molar-refractivity contribution in [3.63, 3.8) is 0 Å². The maximum Gasteiger partial charge on any atom is 0.0618 e. The second-order valence-electron chi connectivity index (χ2n) is 4.47. The fraction of sp³-hybridized carbons (Fsp3) is 1.00. The zero-order chi connectivity index (χ0) is 10.4. The number of hydrogen-bond acceptors (Lipinski definition) is 3. The van der Waals surface area contributed by atoms with Crippen molar-refractivity contribution >= 4 is 11.8 Å². The minimum Gasteiger partial charge on any atom is -0.394 e. The van der Waals surface area contributed by atoms with Gasteiger partial charge in [0, 0.05) is 16.5 Å². The van der Waals surface area contributed by atoms with Gasteiger partial charge in [0.2, 0.25) is 0 Å². The van der Waals surface area contributed by atoms with Crippen molar-refractivity contribution in [3.8, 4) is 0 Å². The molecule has 1 rings (SSSR count). The lowest BCUT2D eigenvalue weighted by molar-refractivity contribution is 0.194. The van der Waals surface area contributed by atoms with Crippen molar-refractivity contribution in [1.29, 1.82) is 0 Å². The third kappa shape index (κ3) is 3.79. The molecule has 1 atom stereocenters. The predicted molar refractivity (Wildman–Crippen MR) is 63.9 cm³/mol. The number of aliphatic hydroxyl groups is 1. The second-order valence-corrected chi connectivity index (χ2v) is 5.76. The molecule has 1 aliphatic carbocycles. The van der Waals surface area contributed by atoms with Crippen LogP contribution in [-0.4, -0.2) is 34.8 Å². The molecule has 1 saturated carbocycles. The first kappa shape index (κ1) is 12.3. The molecule has 1 fully saturated rings. The molecule has 0 radical (unpaired) electrons. The van der Waals surface area contributed by atoms with Crippen molar-refractivity contribution in [3.05, 3.63) is 0 Å². The number of rotatable bonds is 6. The van der Waals surface area contributed by atoms with Gasteiger partial charge in [-0.05, 0) is 26.3 Å². The maximum absolute atomic E-state index is 9.31. The topological polar surface area (TPSA) is 32.3 Å². The minimum absolute atomic E-state index is 0.0813. The van der Waals surface area contributed by atoms with E-state index in [-0.39, 0.29) is 12.1 Å². The Balaban J connectivity index is 2.25.